The Morgan fingerprint density at radius 2 is 1.97 bits per heavy atom. The van der Waals surface area contributed by atoms with Crippen molar-refractivity contribution < 1.29 is 4.74 Å². The van der Waals surface area contributed by atoms with Gasteiger partial charge < -0.3 is 9.64 Å². The maximum atomic E-state index is 6.23. The molecule has 1 aromatic carbocycles. The molecule has 0 spiro atoms. The average Bonchev–Trinajstić information content (AvgIpc) is 3.53. The van der Waals surface area contributed by atoms with Crippen molar-refractivity contribution in [3.8, 4) is 11.1 Å². The lowest BCUT2D eigenvalue weighted by molar-refractivity contribution is -0.0753. The molecule has 0 saturated carbocycles. The Bertz CT molecular complexity index is 954. The van der Waals surface area contributed by atoms with Crippen molar-refractivity contribution in [1.29, 1.82) is 0 Å². The Morgan fingerprint density at radius 1 is 1.14 bits per heavy atom. The van der Waals surface area contributed by atoms with Crippen molar-refractivity contribution >= 4 is 27.4 Å². The number of fused-ring (bicyclic) bond motifs is 1. The van der Waals surface area contributed by atoms with Gasteiger partial charge in [0.25, 0.3) is 0 Å². The maximum absolute atomic E-state index is 6.23. The van der Waals surface area contributed by atoms with Crippen molar-refractivity contribution in [2.75, 3.05) is 37.7 Å². The molecule has 2 saturated heterocycles. The molecule has 0 aliphatic carbocycles. The molecule has 2 atom stereocenters. The quantitative estimate of drug-likeness (QED) is 0.594. The van der Waals surface area contributed by atoms with E-state index in [9.17, 15) is 0 Å². The third-order valence-electron chi connectivity index (χ3n) is 6.20. The summed E-state index contributed by atoms with van der Waals surface area (Å²) in [6.45, 7) is 7.25. The van der Waals surface area contributed by atoms with E-state index in [-0.39, 0.29) is 6.23 Å². The summed E-state index contributed by atoms with van der Waals surface area (Å²) in [5, 5.41) is 3.41. The second-order valence-electron chi connectivity index (χ2n) is 7.98. The first-order valence-electron chi connectivity index (χ1n) is 10.7. The molecule has 29 heavy (non-hydrogen) atoms. The average molecular weight is 409 g/mol. The number of rotatable bonds is 6. The Labute approximate surface area is 176 Å². The Balaban J connectivity index is 1.45. The van der Waals surface area contributed by atoms with E-state index >= 15 is 0 Å². The van der Waals surface area contributed by atoms with Crippen molar-refractivity contribution in [3.63, 3.8) is 0 Å². The van der Waals surface area contributed by atoms with Crippen LogP contribution >= 0.6 is 11.3 Å². The van der Waals surface area contributed by atoms with E-state index in [0.717, 1.165) is 36.8 Å². The summed E-state index contributed by atoms with van der Waals surface area (Å²) in [5.41, 5.74) is 2.47. The van der Waals surface area contributed by atoms with Crippen LogP contribution in [0.15, 0.2) is 42.0 Å². The van der Waals surface area contributed by atoms with Gasteiger partial charge in [-0.05, 0) is 31.7 Å². The van der Waals surface area contributed by atoms with Crippen LogP contribution in [0.1, 0.15) is 26.2 Å². The molecular weight excluding hydrogens is 380 g/mol. The van der Waals surface area contributed by atoms with Gasteiger partial charge in [0.2, 0.25) is 0 Å². The number of anilines is 1. The number of hydrogen-bond donors (Lipinski definition) is 0. The Hall–Kier alpha value is -2.02. The number of nitrogens with zero attached hydrogens (tertiary/aromatic N) is 4. The summed E-state index contributed by atoms with van der Waals surface area (Å²) in [6.07, 6.45) is 5.69. The molecule has 2 aromatic heterocycles. The number of aromatic nitrogens is 2. The molecule has 4 heterocycles. The van der Waals surface area contributed by atoms with Crippen LogP contribution in [0.25, 0.3) is 21.3 Å². The van der Waals surface area contributed by atoms with Crippen LogP contribution < -0.4 is 4.90 Å². The van der Waals surface area contributed by atoms with Gasteiger partial charge in [0.05, 0.1) is 5.39 Å². The van der Waals surface area contributed by atoms with Gasteiger partial charge in [-0.15, -0.1) is 11.3 Å². The molecule has 5 nitrogen and oxygen atoms in total. The fourth-order valence-electron chi connectivity index (χ4n) is 4.85. The van der Waals surface area contributed by atoms with Crippen LogP contribution in [0.2, 0.25) is 0 Å². The molecule has 3 aromatic rings. The molecule has 1 unspecified atom stereocenters. The first-order chi connectivity index (χ1) is 14.3. The van der Waals surface area contributed by atoms with Crippen LogP contribution in [0.5, 0.6) is 0 Å². The van der Waals surface area contributed by atoms with Gasteiger partial charge in [-0.1, -0.05) is 30.3 Å². The highest BCUT2D eigenvalue weighted by Gasteiger charge is 2.36. The monoisotopic (exact) mass is 408 g/mol. The summed E-state index contributed by atoms with van der Waals surface area (Å²) < 4.78 is 6.23. The molecule has 0 bridgehead atoms. The van der Waals surface area contributed by atoms with Crippen LogP contribution in [0.3, 0.4) is 0 Å². The molecule has 5 rings (SSSR count). The molecule has 2 aliphatic heterocycles. The van der Waals surface area contributed by atoms with Crippen molar-refractivity contribution in [1.82, 2.24) is 14.9 Å². The predicted molar refractivity (Wildman–Crippen MR) is 119 cm³/mol. The van der Waals surface area contributed by atoms with Crippen LogP contribution in [0, 0.1) is 5.92 Å². The number of thiophene rings is 1. The van der Waals surface area contributed by atoms with Gasteiger partial charge in [-0.2, -0.15) is 0 Å². The lowest BCUT2D eigenvalue weighted by Crippen LogP contribution is -2.42. The Morgan fingerprint density at radius 3 is 2.76 bits per heavy atom. The lowest BCUT2D eigenvalue weighted by atomic mass is 10.1. The lowest BCUT2D eigenvalue weighted by Gasteiger charge is -2.32. The zero-order valence-electron chi connectivity index (χ0n) is 17.0. The fourth-order valence-corrected chi connectivity index (χ4v) is 5.76. The highest BCUT2D eigenvalue weighted by atomic mass is 32.1. The van der Waals surface area contributed by atoms with Crippen molar-refractivity contribution in [2.45, 2.75) is 32.4 Å². The minimum absolute atomic E-state index is 0.237. The van der Waals surface area contributed by atoms with Crippen molar-refractivity contribution in [3.05, 3.63) is 42.0 Å². The minimum Gasteiger partial charge on any atom is -0.363 e. The van der Waals surface area contributed by atoms with E-state index in [1.165, 1.54) is 42.4 Å². The summed E-state index contributed by atoms with van der Waals surface area (Å²) in [4.78, 5) is 15.4. The van der Waals surface area contributed by atoms with Gasteiger partial charge in [0.1, 0.15) is 23.2 Å². The third kappa shape index (κ3) is 3.65. The van der Waals surface area contributed by atoms with Crippen LogP contribution in [-0.2, 0) is 4.74 Å². The highest BCUT2D eigenvalue weighted by molar-refractivity contribution is 7.17. The summed E-state index contributed by atoms with van der Waals surface area (Å²) in [5.74, 6) is 1.60. The number of ether oxygens (including phenoxy) is 1. The normalized spacial score (nSPS) is 21.3. The highest BCUT2D eigenvalue weighted by Crippen LogP contribution is 2.39. The van der Waals surface area contributed by atoms with Gasteiger partial charge in [-0.3, -0.25) is 4.90 Å². The van der Waals surface area contributed by atoms with Gasteiger partial charge in [0.15, 0.2) is 0 Å². The molecule has 0 radical (unpaired) electrons. The Kier molecular flexibility index (Phi) is 5.48. The largest absolute Gasteiger partial charge is 0.363 e. The molecule has 6 heteroatoms. The van der Waals surface area contributed by atoms with E-state index in [1.54, 1.807) is 17.7 Å². The first kappa shape index (κ1) is 19.0. The van der Waals surface area contributed by atoms with E-state index in [2.05, 4.69) is 57.4 Å². The summed E-state index contributed by atoms with van der Waals surface area (Å²) >= 11 is 1.71. The molecule has 0 amide bonds. The predicted octanol–water partition coefficient (Wildman–Crippen LogP) is 4.64. The smallest absolute Gasteiger partial charge is 0.141 e. The topological polar surface area (TPSA) is 41.5 Å². The van der Waals surface area contributed by atoms with E-state index < -0.39 is 0 Å². The summed E-state index contributed by atoms with van der Waals surface area (Å²) in [7, 11) is 0. The molecule has 2 fully saturated rings. The van der Waals surface area contributed by atoms with Gasteiger partial charge in [0, 0.05) is 49.6 Å². The molecule has 152 valence electrons. The number of hydrogen-bond acceptors (Lipinski definition) is 6. The third-order valence-corrected chi connectivity index (χ3v) is 7.09. The number of benzene rings is 1. The fraction of sp³-hybridized carbons (Fsp3) is 0.478. The second kappa shape index (κ2) is 8.38. The summed E-state index contributed by atoms with van der Waals surface area (Å²) in [6, 6.07) is 10.6. The van der Waals surface area contributed by atoms with Crippen LogP contribution in [0.4, 0.5) is 5.82 Å². The maximum Gasteiger partial charge on any atom is 0.141 e. The zero-order valence-corrected chi connectivity index (χ0v) is 17.8. The second-order valence-corrected chi connectivity index (χ2v) is 8.83. The van der Waals surface area contributed by atoms with E-state index in [1.807, 2.05) is 0 Å². The minimum atomic E-state index is 0.237. The number of likely N-dealkylation sites (tertiary alicyclic amines) is 1. The zero-order chi connectivity index (χ0) is 19.6. The molecule has 2 aliphatic rings. The molecular formula is C23H28N4OS. The first-order valence-corrected chi connectivity index (χ1v) is 11.6. The SMILES string of the molecule is CCOC([C@@H]1CCN(c2ncnc3scc(-c4ccccc4)c23)C1)N1CCCC1. The van der Waals surface area contributed by atoms with Gasteiger partial charge >= 0.3 is 0 Å². The standard InChI is InChI=1S/C23H28N4OS/c1-2-28-23(26-11-6-7-12-26)18-10-13-27(14-18)21-20-19(17-8-4-3-5-9-17)15-29-22(20)25-16-24-21/h3-5,8-9,15-16,18,23H,2,6-7,10-14H2,1H3/t18-,23?/m1/s1. The van der Waals surface area contributed by atoms with E-state index in [4.69, 9.17) is 9.72 Å². The van der Waals surface area contributed by atoms with Gasteiger partial charge in [-0.25, -0.2) is 9.97 Å². The van der Waals surface area contributed by atoms with E-state index in [0.29, 0.717) is 5.92 Å². The van der Waals surface area contributed by atoms with Crippen molar-refractivity contribution in [2.24, 2.45) is 5.92 Å². The molecule has 0 N–H and O–H groups in total. The van der Waals surface area contributed by atoms with Crippen LogP contribution in [-0.4, -0.2) is 53.9 Å².